The predicted octanol–water partition coefficient (Wildman–Crippen LogP) is 4.80. The summed E-state index contributed by atoms with van der Waals surface area (Å²) in [5.74, 6) is 0.00238. The molecule has 0 unspecified atom stereocenters. The number of hydrogen-bond donors (Lipinski definition) is 0. The van der Waals surface area contributed by atoms with E-state index >= 15 is 0 Å². The van der Waals surface area contributed by atoms with Crippen molar-refractivity contribution in [3.05, 3.63) is 63.6 Å². The van der Waals surface area contributed by atoms with Crippen molar-refractivity contribution in [1.29, 1.82) is 0 Å². The molecule has 0 bridgehead atoms. The number of likely N-dealkylation sites (N-methyl/N-ethyl adjacent to an activating group) is 1. The third kappa shape index (κ3) is 5.68. The van der Waals surface area contributed by atoms with Crippen LogP contribution in [-0.2, 0) is 16.0 Å². The lowest BCUT2D eigenvalue weighted by Gasteiger charge is -2.32. The molecule has 5 nitrogen and oxygen atoms in total. The summed E-state index contributed by atoms with van der Waals surface area (Å²) >= 11 is 12.1. The Balaban J connectivity index is 1.80. The van der Waals surface area contributed by atoms with E-state index in [1.807, 2.05) is 25.2 Å². The van der Waals surface area contributed by atoms with Gasteiger partial charge in [-0.05, 0) is 61.3 Å². The van der Waals surface area contributed by atoms with Crippen LogP contribution in [0.1, 0.15) is 30.0 Å². The molecular weight excluding hydrogens is 409 g/mol. The third-order valence-electron chi connectivity index (χ3n) is 5.28. The second-order valence-corrected chi connectivity index (χ2v) is 8.06. The molecule has 1 atom stereocenters. The first kappa shape index (κ1) is 21.5. The fraction of sp³-hybridized carbons (Fsp3) is 0.364. The van der Waals surface area contributed by atoms with E-state index in [0.29, 0.717) is 15.7 Å². The van der Waals surface area contributed by atoms with Gasteiger partial charge in [0.25, 0.3) is 0 Å². The van der Waals surface area contributed by atoms with E-state index in [-0.39, 0.29) is 18.4 Å². The zero-order chi connectivity index (χ0) is 20.8. The van der Waals surface area contributed by atoms with E-state index in [1.54, 1.807) is 35.2 Å². The number of likely N-dealkylation sites (tertiary alicyclic amines) is 1. The number of hydrogen-bond acceptors (Lipinski definition) is 4. The number of nitrogens with zero attached hydrogens (tertiary/aromatic N) is 3. The van der Waals surface area contributed by atoms with Gasteiger partial charge >= 0.3 is 0 Å². The van der Waals surface area contributed by atoms with Crippen molar-refractivity contribution in [2.75, 3.05) is 26.7 Å². The highest BCUT2D eigenvalue weighted by Gasteiger charge is 2.25. The van der Waals surface area contributed by atoms with Gasteiger partial charge in [0.15, 0.2) is 0 Å². The molecule has 2 aromatic carbocycles. The number of amides is 1. The lowest BCUT2D eigenvalue weighted by molar-refractivity contribution is -0.131. The molecule has 0 saturated carbocycles. The molecule has 1 fully saturated rings. The van der Waals surface area contributed by atoms with E-state index in [2.05, 4.69) is 9.89 Å². The predicted molar refractivity (Wildman–Crippen MR) is 116 cm³/mol. The van der Waals surface area contributed by atoms with Crippen LogP contribution in [0, 0.1) is 0 Å². The lowest BCUT2D eigenvalue weighted by Crippen LogP contribution is -2.39. The summed E-state index contributed by atoms with van der Waals surface area (Å²) in [7, 11) is 1.83. The van der Waals surface area contributed by atoms with Gasteiger partial charge in [0, 0.05) is 13.6 Å². The monoisotopic (exact) mass is 431 g/mol. The molecule has 1 aliphatic heterocycles. The second-order valence-electron chi connectivity index (χ2n) is 7.25. The molecule has 0 N–H and O–H groups in total. The van der Waals surface area contributed by atoms with Crippen LogP contribution < -0.4 is 0 Å². The molecule has 0 spiro atoms. The Morgan fingerprint density at radius 1 is 1.14 bits per heavy atom. The van der Waals surface area contributed by atoms with Gasteiger partial charge in [0.2, 0.25) is 12.0 Å². The minimum atomic E-state index is -0.0994. The van der Waals surface area contributed by atoms with E-state index in [1.165, 1.54) is 12.8 Å². The van der Waals surface area contributed by atoms with Crippen LogP contribution in [-0.4, -0.2) is 48.5 Å². The number of carbonyl (C=O) groups excluding carboxylic acids is 2. The number of carbonyl (C=O) groups is 1. The van der Waals surface area contributed by atoms with Crippen molar-refractivity contribution in [3.8, 4) is 0 Å². The maximum Gasteiger partial charge on any atom is 0.240 e. The van der Waals surface area contributed by atoms with Gasteiger partial charge in [0.1, 0.15) is 0 Å². The van der Waals surface area contributed by atoms with E-state index < -0.39 is 0 Å². The summed E-state index contributed by atoms with van der Waals surface area (Å²) in [4.78, 5) is 31.3. The number of rotatable bonds is 7. The summed E-state index contributed by atoms with van der Waals surface area (Å²) < 4.78 is 0. The molecule has 3 rings (SSSR count). The van der Waals surface area contributed by atoms with Crippen LogP contribution in [0.4, 0.5) is 5.69 Å². The zero-order valence-corrected chi connectivity index (χ0v) is 17.8. The highest BCUT2D eigenvalue weighted by Crippen LogP contribution is 2.27. The largest absolute Gasteiger partial charge is 0.337 e. The Kier molecular flexibility index (Phi) is 7.45. The molecular formula is C22H23Cl2N3O2. The van der Waals surface area contributed by atoms with Gasteiger partial charge in [-0.1, -0.05) is 41.4 Å². The van der Waals surface area contributed by atoms with Crippen molar-refractivity contribution in [2.24, 2.45) is 4.99 Å². The Hall–Kier alpha value is -2.17. The maximum absolute atomic E-state index is 13.0. The Bertz CT molecular complexity index is 905. The van der Waals surface area contributed by atoms with Crippen LogP contribution in [0.15, 0.2) is 47.5 Å². The molecule has 7 heteroatoms. The van der Waals surface area contributed by atoms with Crippen molar-refractivity contribution in [1.82, 2.24) is 9.80 Å². The van der Waals surface area contributed by atoms with Gasteiger partial charge in [0.05, 0.1) is 28.2 Å². The summed E-state index contributed by atoms with van der Waals surface area (Å²) in [6.45, 7) is 2.84. The second kappa shape index (κ2) is 10.0. The topological polar surface area (TPSA) is 53.0 Å². The molecule has 2 aromatic rings. The van der Waals surface area contributed by atoms with Crippen molar-refractivity contribution < 1.29 is 9.59 Å². The number of isocyanates is 1. The smallest absolute Gasteiger partial charge is 0.240 e. The zero-order valence-electron chi connectivity index (χ0n) is 16.3. The number of benzene rings is 2. The average molecular weight is 432 g/mol. The lowest BCUT2D eigenvalue weighted by atomic mass is 10.0. The molecule has 1 amide bonds. The third-order valence-corrected chi connectivity index (χ3v) is 6.02. The van der Waals surface area contributed by atoms with Crippen LogP contribution in [0.25, 0.3) is 0 Å². The van der Waals surface area contributed by atoms with Gasteiger partial charge in [-0.2, -0.15) is 4.99 Å². The fourth-order valence-electron chi connectivity index (χ4n) is 3.61. The molecule has 152 valence electrons. The van der Waals surface area contributed by atoms with E-state index in [4.69, 9.17) is 23.2 Å². The molecule has 0 aliphatic carbocycles. The van der Waals surface area contributed by atoms with E-state index in [0.717, 1.165) is 30.8 Å². The molecule has 29 heavy (non-hydrogen) atoms. The SMILES string of the molecule is CN(C(=O)Cc1ccc(Cl)c(Cl)c1)[C@H](CN1CCCC1)c1ccc(N=C=O)cc1. The quantitative estimate of drug-likeness (QED) is 0.467. The molecule has 0 aromatic heterocycles. The first-order valence-corrected chi connectivity index (χ1v) is 10.3. The van der Waals surface area contributed by atoms with Gasteiger partial charge in [-0.3, -0.25) is 4.79 Å². The van der Waals surface area contributed by atoms with Crippen LogP contribution >= 0.6 is 23.2 Å². The highest BCUT2D eigenvalue weighted by atomic mass is 35.5. The van der Waals surface area contributed by atoms with Crippen molar-refractivity contribution in [3.63, 3.8) is 0 Å². The minimum Gasteiger partial charge on any atom is -0.337 e. The first-order chi connectivity index (χ1) is 14.0. The molecule has 1 heterocycles. The molecule has 0 radical (unpaired) electrons. The van der Waals surface area contributed by atoms with Gasteiger partial charge in [-0.25, -0.2) is 4.79 Å². The van der Waals surface area contributed by atoms with Crippen molar-refractivity contribution >= 4 is 40.9 Å². The molecule has 1 aliphatic rings. The number of aliphatic imine (C=N–C) groups is 1. The first-order valence-electron chi connectivity index (χ1n) is 9.57. The summed E-state index contributed by atoms with van der Waals surface area (Å²) in [5.41, 5.74) is 2.38. The highest BCUT2D eigenvalue weighted by molar-refractivity contribution is 6.42. The molecule has 1 saturated heterocycles. The van der Waals surface area contributed by atoms with Crippen LogP contribution in [0.3, 0.4) is 0 Å². The number of halogens is 2. The minimum absolute atomic E-state index is 0.00238. The summed E-state index contributed by atoms with van der Waals surface area (Å²) in [6, 6.07) is 12.5. The normalized spacial score (nSPS) is 15.0. The van der Waals surface area contributed by atoms with Crippen molar-refractivity contribution in [2.45, 2.75) is 25.3 Å². The summed E-state index contributed by atoms with van der Waals surface area (Å²) in [5, 5.41) is 0.917. The van der Waals surface area contributed by atoms with Crippen LogP contribution in [0.5, 0.6) is 0 Å². The van der Waals surface area contributed by atoms with E-state index in [9.17, 15) is 9.59 Å². The fourth-order valence-corrected chi connectivity index (χ4v) is 3.93. The Morgan fingerprint density at radius 2 is 1.83 bits per heavy atom. The standard InChI is InChI=1S/C22H23Cl2N3O2/c1-26(22(29)13-16-4-9-19(23)20(24)12-16)21(14-27-10-2-3-11-27)17-5-7-18(8-6-17)25-15-28/h4-9,12,21H,2-3,10-11,13-14H2,1H3/t21-/m1/s1. The Labute approximate surface area is 180 Å². The van der Waals surface area contributed by atoms with Gasteiger partial charge in [-0.15, -0.1) is 0 Å². The summed E-state index contributed by atoms with van der Waals surface area (Å²) in [6.07, 6.45) is 4.16. The van der Waals surface area contributed by atoms with Gasteiger partial charge < -0.3 is 9.80 Å². The Morgan fingerprint density at radius 3 is 2.45 bits per heavy atom. The van der Waals surface area contributed by atoms with Crippen LogP contribution in [0.2, 0.25) is 10.0 Å². The average Bonchev–Trinajstić information content (AvgIpc) is 3.23. The maximum atomic E-state index is 13.0.